The molecule has 18 heavy (non-hydrogen) atoms. The highest BCUT2D eigenvalue weighted by Crippen LogP contribution is 2.28. The van der Waals surface area contributed by atoms with E-state index >= 15 is 0 Å². The van der Waals surface area contributed by atoms with E-state index in [2.05, 4.69) is 0 Å². The number of nitro groups is 1. The molecular formula is C12H11NO5. The van der Waals surface area contributed by atoms with Gasteiger partial charge in [0.25, 0.3) is 5.69 Å². The third-order valence-electron chi connectivity index (χ3n) is 2.63. The first-order valence-electron chi connectivity index (χ1n) is 5.32. The second-order valence-electron chi connectivity index (χ2n) is 3.74. The number of nitro benzene ring substituents is 1. The van der Waals surface area contributed by atoms with E-state index in [1.807, 2.05) is 0 Å². The van der Waals surface area contributed by atoms with Crippen LogP contribution in [0, 0.1) is 10.1 Å². The average Bonchev–Trinajstić information content (AvgIpc) is 2.74. The van der Waals surface area contributed by atoms with Crippen LogP contribution in [0.15, 0.2) is 23.8 Å². The van der Waals surface area contributed by atoms with E-state index in [-0.39, 0.29) is 5.69 Å². The molecule has 0 amide bonds. The van der Waals surface area contributed by atoms with Crippen LogP contribution in [0.3, 0.4) is 0 Å². The van der Waals surface area contributed by atoms with Gasteiger partial charge in [0, 0.05) is 18.1 Å². The van der Waals surface area contributed by atoms with Gasteiger partial charge in [-0.3, -0.25) is 10.1 Å². The number of esters is 1. The van der Waals surface area contributed by atoms with Crippen molar-refractivity contribution in [3.05, 3.63) is 39.4 Å². The van der Waals surface area contributed by atoms with E-state index in [9.17, 15) is 14.9 Å². The van der Waals surface area contributed by atoms with Crippen LogP contribution in [0.5, 0.6) is 5.75 Å². The van der Waals surface area contributed by atoms with Crippen molar-refractivity contribution in [1.82, 2.24) is 0 Å². The Morgan fingerprint density at radius 2 is 2.28 bits per heavy atom. The standard InChI is InChI=1S/C12H11NO5/c1-17-10-2-3-11(13(15)16)9(7-10)6-8-4-5-18-12(8)14/h2-3,6-7H,4-5H2,1H3. The number of methoxy groups -OCH3 is 1. The second kappa shape index (κ2) is 4.87. The zero-order valence-corrected chi connectivity index (χ0v) is 9.71. The van der Waals surface area contributed by atoms with E-state index in [4.69, 9.17) is 9.47 Å². The maximum Gasteiger partial charge on any atom is 0.334 e. The van der Waals surface area contributed by atoms with Crippen molar-refractivity contribution in [1.29, 1.82) is 0 Å². The summed E-state index contributed by atoms with van der Waals surface area (Å²) in [5.74, 6) is 0.0749. The number of carbonyl (C=O) groups is 1. The fourth-order valence-corrected chi connectivity index (χ4v) is 1.71. The van der Waals surface area contributed by atoms with Crippen molar-refractivity contribution in [3.63, 3.8) is 0 Å². The summed E-state index contributed by atoms with van der Waals surface area (Å²) in [5, 5.41) is 10.9. The van der Waals surface area contributed by atoms with Crippen LogP contribution in [0.25, 0.3) is 6.08 Å². The Balaban J connectivity index is 2.47. The molecule has 0 aliphatic carbocycles. The monoisotopic (exact) mass is 249 g/mol. The smallest absolute Gasteiger partial charge is 0.334 e. The third-order valence-corrected chi connectivity index (χ3v) is 2.63. The van der Waals surface area contributed by atoms with E-state index in [0.717, 1.165) is 0 Å². The normalized spacial score (nSPS) is 16.7. The Bertz CT molecular complexity index is 535. The molecule has 0 saturated carbocycles. The lowest BCUT2D eigenvalue weighted by atomic mass is 10.1. The molecule has 0 radical (unpaired) electrons. The minimum atomic E-state index is -0.494. The molecule has 0 atom stereocenters. The van der Waals surface area contributed by atoms with E-state index < -0.39 is 10.9 Å². The molecule has 0 N–H and O–H groups in total. The number of hydrogen-bond acceptors (Lipinski definition) is 5. The van der Waals surface area contributed by atoms with Gasteiger partial charge in [0.15, 0.2) is 0 Å². The van der Waals surface area contributed by atoms with Crippen molar-refractivity contribution >= 4 is 17.7 Å². The molecule has 1 saturated heterocycles. The van der Waals surface area contributed by atoms with Crippen LogP contribution >= 0.6 is 0 Å². The SMILES string of the molecule is COc1ccc([N+](=O)[O-])c(C=C2CCOC2=O)c1. The predicted molar refractivity (Wildman–Crippen MR) is 63.2 cm³/mol. The van der Waals surface area contributed by atoms with Crippen LogP contribution in [-0.2, 0) is 9.53 Å². The van der Waals surface area contributed by atoms with E-state index in [1.165, 1.54) is 31.4 Å². The quantitative estimate of drug-likeness (QED) is 0.354. The Morgan fingerprint density at radius 1 is 1.50 bits per heavy atom. The molecule has 1 aliphatic heterocycles. The number of nitrogens with zero attached hydrogens (tertiary/aromatic N) is 1. The highest BCUT2D eigenvalue weighted by molar-refractivity contribution is 5.96. The number of ether oxygens (including phenoxy) is 2. The van der Waals surface area contributed by atoms with Crippen LogP contribution in [0.1, 0.15) is 12.0 Å². The Morgan fingerprint density at radius 3 is 2.83 bits per heavy atom. The predicted octanol–water partition coefficient (Wildman–Crippen LogP) is 1.93. The molecule has 0 bridgehead atoms. The van der Waals surface area contributed by atoms with Gasteiger partial charge in [0.2, 0.25) is 0 Å². The number of carbonyl (C=O) groups excluding carboxylic acids is 1. The average molecular weight is 249 g/mol. The first-order chi connectivity index (χ1) is 8.61. The summed E-state index contributed by atoms with van der Waals surface area (Å²) in [7, 11) is 1.47. The van der Waals surface area contributed by atoms with Crippen molar-refractivity contribution in [3.8, 4) is 5.75 Å². The minimum Gasteiger partial charge on any atom is -0.497 e. The van der Waals surface area contributed by atoms with Gasteiger partial charge >= 0.3 is 5.97 Å². The lowest BCUT2D eigenvalue weighted by molar-refractivity contribution is -0.385. The second-order valence-corrected chi connectivity index (χ2v) is 3.74. The molecule has 1 fully saturated rings. The van der Waals surface area contributed by atoms with Gasteiger partial charge in [-0.15, -0.1) is 0 Å². The van der Waals surface area contributed by atoms with Gasteiger partial charge in [0.05, 0.1) is 24.2 Å². The zero-order chi connectivity index (χ0) is 13.1. The molecule has 6 nitrogen and oxygen atoms in total. The largest absolute Gasteiger partial charge is 0.497 e. The summed E-state index contributed by atoms with van der Waals surface area (Å²) in [6.07, 6.45) is 1.95. The topological polar surface area (TPSA) is 78.7 Å². The molecule has 1 heterocycles. The highest BCUT2D eigenvalue weighted by Gasteiger charge is 2.21. The first-order valence-corrected chi connectivity index (χ1v) is 5.32. The fourth-order valence-electron chi connectivity index (χ4n) is 1.71. The third kappa shape index (κ3) is 2.32. The van der Waals surface area contributed by atoms with Crippen LogP contribution in [0.4, 0.5) is 5.69 Å². The Hall–Kier alpha value is -2.37. The summed E-state index contributed by atoms with van der Waals surface area (Å²) in [6, 6.07) is 4.38. The van der Waals surface area contributed by atoms with Crippen molar-refractivity contribution in [2.75, 3.05) is 13.7 Å². The Kier molecular flexibility index (Phi) is 3.27. The molecule has 94 valence electrons. The molecule has 6 heteroatoms. The molecule has 1 aliphatic rings. The molecule has 0 aromatic heterocycles. The van der Waals surface area contributed by atoms with Gasteiger partial charge in [-0.25, -0.2) is 4.79 Å². The van der Waals surface area contributed by atoms with Crippen LogP contribution in [0.2, 0.25) is 0 Å². The molecule has 1 aromatic rings. The number of benzene rings is 1. The van der Waals surface area contributed by atoms with E-state index in [1.54, 1.807) is 0 Å². The van der Waals surface area contributed by atoms with Crippen molar-refractivity contribution in [2.45, 2.75) is 6.42 Å². The van der Waals surface area contributed by atoms with Gasteiger partial charge in [-0.2, -0.15) is 0 Å². The van der Waals surface area contributed by atoms with Crippen LogP contribution in [-0.4, -0.2) is 24.6 Å². The zero-order valence-electron chi connectivity index (χ0n) is 9.71. The molecule has 0 spiro atoms. The summed E-state index contributed by atoms with van der Waals surface area (Å²) in [4.78, 5) is 21.7. The minimum absolute atomic E-state index is 0.0667. The number of hydrogen-bond donors (Lipinski definition) is 0. The molecule has 1 aromatic carbocycles. The number of rotatable bonds is 3. The molecular weight excluding hydrogens is 238 g/mol. The molecule has 0 unspecified atom stereocenters. The highest BCUT2D eigenvalue weighted by atomic mass is 16.6. The number of cyclic esters (lactones) is 1. The van der Waals surface area contributed by atoms with Crippen LogP contribution < -0.4 is 4.74 Å². The van der Waals surface area contributed by atoms with Gasteiger partial charge < -0.3 is 9.47 Å². The maximum atomic E-state index is 11.3. The van der Waals surface area contributed by atoms with E-state index in [0.29, 0.717) is 29.9 Å². The van der Waals surface area contributed by atoms with Crippen molar-refractivity contribution < 1.29 is 19.2 Å². The lowest BCUT2D eigenvalue weighted by Gasteiger charge is -2.02. The summed E-state index contributed by atoms with van der Waals surface area (Å²) in [6.45, 7) is 0.322. The van der Waals surface area contributed by atoms with Gasteiger partial charge in [-0.05, 0) is 18.2 Å². The summed E-state index contributed by atoms with van der Waals surface area (Å²) in [5.41, 5.74) is 0.711. The van der Waals surface area contributed by atoms with Crippen molar-refractivity contribution in [2.24, 2.45) is 0 Å². The molecule has 2 rings (SSSR count). The lowest BCUT2D eigenvalue weighted by Crippen LogP contribution is -1.97. The fraction of sp³-hybridized carbons (Fsp3) is 0.250. The maximum absolute atomic E-state index is 11.3. The first kappa shape index (κ1) is 12.1. The van der Waals surface area contributed by atoms with Gasteiger partial charge in [0.1, 0.15) is 5.75 Å². The summed E-state index contributed by atoms with van der Waals surface area (Å²) >= 11 is 0. The Labute approximate surface area is 103 Å². The summed E-state index contributed by atoms with van der Waals surface area (Å²) < 4.78 is 9.80. The van der Waals surface area contributed by atoms with Gasteiger partial charge in [-0.1, -0.05) is 0 Å².